The Morgan fingerprint density at radius 1 is 1.07 bits per heavy atom. The highest BCUT2D eigenvalue weighted by Gasteiger charge is 2.45. The Morgan fingerprint density at radius 2 is 1.72 bits per heavy atom. The maximum Gasteiger partial charge on any atom is 0.295 e. The zero-order chi connectivity index (χ0) is 21.0. The highest BCUT2D eigenvalue weighted by molar-refractivity contribution is 6.46. The second-order valence-corrected chi connectivity index (χ2v) is 7.54. The van der Waals surface area contributed by atoms with Crippen molar-refractivity contribution in [3.8, 4) is 0 Å². The number of carbonyl (C=O) groups is 2. The summed E-state index contributed by atoms with van der Waals surface area (Å²) < 4.78 is 5.58. The summed E-state index contributed by atoms with van der Waals surface area (Å²) in [5, 5.41) is 10.9. The van der Waals surface area contributed by atoms with Gasteiger partial charge in [0, 0.05) is 18.7 Å². The van der Waals surface area contributed by atoms with Crippen LogP contribution in [0, 0.1) is 6.92 Å². The van der Waals surface area contributed by atoms with Gasteiger partial charge in [-0.1, -0.05) is 60.2 Å². The van der Waals surface area contributed by atoms with E-state index in [2.05, 4.69) is 0 Å². The molecular weight excluding hydrogens is 366 g/mol. The largest absolute Gasteiger partial charge is 0.507 e. The molecule has 1 N–H and O–H groups in total. The van der Waals surface area contributed by atoms with Gasteiger partial charge in [-0.15, -0.1) is 0 Å². The molecule has 1 atom stereocenters. The lowest BCUT2D eigenvalue weighted by Gasteiger charge is -2.25. The number of aliphatic hydroxyl groups is 1. The molecule has 1 aliphatic rings. The molecule has 29 heavy (non-hydrogen) atoms. The van der Waals surface area contributed by atoms with Crippen LogP contribution in [-0.2, 0) is 14.3 Å². The molecule has 0 bridgehead atoms. The number of carbonyl (C=O) groups excluding carboxylic acids is 2. The normalized spacial score (nSPS) is 18.6. The van der Waals surface area contributed by atoms with Gasteiger partial charge in [-0.05, 0) is 32.8 Å². The van der Waals surface area contributed by atoms with E-state index in [4.69, 9.17) is 4.74 Å². The van der Waals surface area contributed by atoms with Crippen LogP contribution in [0.4, 0.5) is 0 Å². The quantitative estimate of drug-likeness (QED) is 0.331. The minimum Gasteiger partial charge on any atom is -0.507 e. The number of aryl methyl sites for hydroxylation is 1. The van der Waals surface area contributed by atoms with E-state index in [9.17, 15) is 14.7 Å². The smallest absolute Gasteiger partial charge is 0.295 e. The Kier molecular flexibility index (Phi) is 6.49. The molecule has 1 fully saturated rings. The van der Waals surface area contributed by atoms with Crippen LogP contribution in [-0.4, -0.2) is 41.0 Å². The number of ketones is 1. The molecule has 1 amide bonds. The number of hydrogen-bond donors (Lipinski definition) is 1. The van der Waals surface area contributed by atoms with Crippen molar-refractivity contribution in [2.45, 2.75) is 39.3 Å². The number of ether oxygens (including phenoxy) is 1. The summed E-state index contributed by atoms with van der Waals surface area (Å²) in [6, 6.07) is 15.9. The second kappa shape index (κ2) is 9.05. The first-order valence-corrected chi connectivity index (χ1v) is 9.92. The lowest BCUT2D eigenvalue weighted by atomic mass is 9.94. The molecule has 1 heterocycles. The number of amides is 1. The van der Waals surface area contributed by atoms with Gasteiger partial charge in [0.25, 0.3) is 11.7 Å². The first-order valence-electron chi connectivity index (χ1n) is 9.92. The number of rotatable bonds is 7. The fraction of sp³-hybridized carbons (Fsp3) is 0.333. The molecular formula is C24H27NO4. The summed E-state index contributed by atoms with van der Waals surface area (Å²) in [5.74, 6) is -1.38. The number of nitrogens with zero attached hydrogens (tertiary/aromatic N) is 1. The Labute approximate surface area is 171 Å². The lowest BCUT2D eigenvalue weighted by molar-refractivity contribution is -0.140. The zero-order valence-corrected chi connectivity index (χ0v) is 17.1. The monoisotopic (exact) mass is 393 g/mol. The summed E-state index contributed by atoms with van der Waals surface area (Å²) >= 11 is 0. The maximum absolute atomic E-state index is 12.9. The number of hydrogen-bond acceptors (Lipinski definition) is 4. The highest BCUT2D eigenvalue weighted by Crippen LogP contribution is 2.39. The molecule has 2 aromatic rings. The van der Waals surface area contributed by atoms with Gasteiger partial charge < -0.3 is 14.7 Å². The van der Waals surface area contributed by atoms with Crippen LogP contribution in [0.3, 0.4) is 0 Å². The number of benzene rings is 2. The van der Waals surface area contributed by atoms with Gasteiger partial charge in [-0.25, -0.2) is 0 Å². The predicted molar refractivity (Wildman–Crippen MR) is 112 cm³/mol. The second-order valence-electron chi connectivity index (χ2n) is 7.54. The van der Waals surface area contributed by atoms with Crippen LogP contribution in [0.25, 0.3) is 5.76 Å². The molecule has 0 unspecified atom stereocenters. The van der Waals surface area contributed by atoms with E-state index in [1.807, 2.05) is 51.1 Å². The molecule has 0 spiro atoms. The van der Waals surface area contributed by atoms with Gasteiger partial charge in [0.05, 0.1) is 17.7 Å². The van der Waals surface area contributed by atoms with E-state index in [0.29, 0.717) is 25.1 Å². The fourth-order valence-corrected chi connectivity index (χ4v) is 3.51. The summed E-state index contributed by atoms with van der Waals surface area (Å²) in [7, 11) is 0. The average molecular weight is 393 g/mol. The van der Waals surface area contributed by atoms with E-state index in [1.54, 1.807) is 29.2 Å². The van der Waals surface area contributed by atoms with Gasteiger partial charge in [-0.3, -0.25) is 9.59 Å². The third kappa shape index (κ3) is 4.57. The molecule has 1 saturated heterocycles. The minimum absolute atomic E-state index is 0.108. The molecule has 3 rings (SSSR count). The van der Waals surface area contributed by atoms with Crippen LogP contribution in [0.1, 0.15) is 43.0 Å². The first-order chi connectivity index (χ1) is 13.9. The van der Waals surface area contributed by atoms with Gasteiger partial charge in [0.1, 0.15) is 5.76 Å². The Bertz CT molecular complexity index is 900. The Morgan fingerprint density at radius 3 is 2.34 bits per heavy atom. The van der Waals surface area contributed by atoms with Crippen molar-refractivity contribution in [3.05, 3.63) is 76.9 Å². The fourth-order valence-electron chi connectivity index (χ4n) is 3.51. The summed E-state index contributed by atoms with van der Waals surface area (Å²) in [6.07, 6.45) is 0.718. The summed E-state index contributed by atoms with van der Waals surface area (Å²) in [5.41, 5.74) is 2.54. The number of Topliss-reactive ketones (excluding diaryl/α,β-unsaturated/α-hetero) is 1. The summed E-state index contributed by atoms with van der Waals surface area (Å²) in [6.45, 7) is 6.77. The lowest BCUT2D eigenvalue weighted by Crippen LogP contribution is -2.31. The minimum atomic E-state index is -0.651. The van der Waals surface area contributed by atoms with Crippen molar-refractivity contribution in [2.24, 2.45) is 0 Å². The molecule has 0 saturated carbocycles. The van der Waals surface area contributed by atoms with Crippen LogP contribution >= 0.6 is 0 Å². The highest BCUT2D eigenvalue weighted by atomic mass is 16.5. The van der Waals surface area contributed by atoms with Crippen molar-refractivity contribution in [1.29, 1.82) is 0 Å². The van der Waals surface area contributed by atoms with Gasteiger partial charge in [0.15, 0.2) is 0 Å². The topological polar surface area (TPSA) is 66.8 Å². The standard InChI is InChI=1S/C24H27NO4/c1-16(2)29-15-7-14-25-21(18-12-10-17(3)11-13-18)20(23(27)24(25)28)22(26)19-8-5-4-6-9-19/h4-6,8-13,16,21,26H,7,14-15H2,1-3H3/t21-/m1/s1. The number of aliphatic hydroxyl groups excluding tert-OH is 1. The van der Waals surface area contributed by atoms with Crippen molar-refractivity contribution in [1.82, 2.24) is 4.90 Å². The van der Waals surface area contributed by atoms with Crippen LogP contribution in [0.5, 0.6) is 0 Å². The van der Waals surface area contributed by atoms with E-state index in [0.717, 1.165) is 11.1 Å². The van der Waals surface area contributed by atoms with E-state index in [1.165, 1.54) is 0 Å². The Balaban J connectivity index is 2.00. The van der Waals surface area contributed by atoms with Crippen LogP contribution < -0.4 is 0 Å². The van der Waals surface area contributed by atoms with Crippen molar-refractivity contribution in [3.63, 3.8) is 0 Å². The molecule has 152 valence electrons. The maximum atomic E-state index is 12.9. The van der Waals surface area contributed by atoms with Crippen molar-refractivity contribution < 1.29 is 19.4 Å². The SMILES string of the molecule is Cc1ccc([C@@H]2C(=C(O)c3ccccc3)C(=O)C(=O)N2CCCOC(C)C)cc1. The molecule has 0 aliphatic carbocycles. The summed E-state index contributed by atoms with van der Waals surface area (Å²) in [4.78, 5) is 27.2. The molecule has 0 radical (unpaired) electrons. The van der Waals surface area contributed by atoms with Gasteiger partial charge in [0.2, 0.25) is 0 Å². The molecule has 2 aromatic carbocycles. The van der Waals surface area contributed by atoms with E-state index >= 15 is 0 Å². The molecule has 5 heteroatoms. The van der Waals surface area contributed by atoms with Crippen molar-refractivity contribution >= 4 is 17.4 Å². The van der Waals surface area contributed by atoms with Crippen LogP contribution in [0.2, 0.25) is 0 Å². The van der Waals surface area contributed by atoms with Gasteiger partial charge in [-0.2, -0.15) is 0 Å². The first kappa shape index (κ1) is 20.8. The average Bonchev–Trinajstić information content (AvgIpc) is 2.96. The zero-order valence-electron chi connectivity index (χ0n) is 17.1. The molecule has 0 aromatic heterocycles. The van der Waals surface area contributed by atoms with Gasteiger partial charge >= 0.3 is 0 Å². The number of likely N-dealkylation sites (tertiary alicyclic amines) is 1. The van der Waals surface area contributed by atoms with Crippen molar-refractivity contribution in [2.75, 3.05) is 13.2 Å². The third-order valence-corrected chi connectivity index (χ3v) is 4.97. The molecule has 1 aliphatic heterocycles. The van der Waals surface area contributed by atoms with Crippen LogP contribution in [0.15, 0.2) is 60.2 Å². The van der Waals surface area contributed by atoms with E-state index < -0.39 is 17.7 Å². The Hall–Kier alpha value is -2.92. The third-order valence-electron chi connectivity index (χ3n) is 4.97. The molecule has 5 nitrogen and oxygen atoms in total. The van der Waals surface area contributed by atoms with E-state index in [-0.39, 0.29) is 17.4 Å². The predicted octanol–water partition coefficient (Wildman–Crippen LogP) is 4.23.